The van der Waals surface area contributed by atoms with Crippen LogP contribution in [0.15, 0.2) is 42.9 Å². The van der Waals surface area contributed by atoms with Crippen molar-refractivity contribution in [1.82, 2.24) is 24.8 Å². The number of hydrogen-bond donors (Lipinski definition) is 1. The molecule has 2 fully saturated rings. The maximum atomic E-state index is 13.3. The van der Waals surface area contributed by atoms with E-state index in [0.29, 0.717) is 46.6 Å². The molecule has 0 atom stereocenters. The minimum atomic E-state index is -0.118. The van der Waals surface area contributed by atoms with Crippen molar-refractivity contribution in [3.8, 4) is 16.5 Å². The summed E-state index contributed by atoms with van der Waals surface area (Å²) in [5, 5.41) is 3.67. The molecule has 1 aromatic carbocycles. The fourth-order valence-corrected chi connectivity index (χ4v) is 5.90. The third-order valence-corrected chi connectivity index (χ3v) is 8.13. The van der Waals surface area contributed by atoms with Gasteiger partial charge < -0.3 is 19.9 Å². The molecule has 182 valence electrons. The number of para-hydroxylation sites is 2. The molecule has 0 unspecified atom stereocenters. The van der Waals surface area contributed by atoms with Crippen LogP contribution in [0.5, 0.6) is 5.75 Å². The molecular formula is C25H28N6O3S. The number of urea groups is 1. The molecule has 0 aliphatic carbocycles. The monoisotopic (exact) mass is 492 g/mol. The summed E-state index contributed by atoms with van der Waals surface area (Å²) < 4.78 is 5.33. The Hall–Kier alpha value is -3.53. The Labute approximate surface area is 208 Å². The van der Waals surface area contributed by atoms with Gasteiger partial charge in [-0.2, -0.15) is 0 Å². The van der Waals surface area contributed by atoms with Gasteiger partial charge in [-0.15, -0.1) is 11.3 Å². The smallest absolute Gasteiger partial charge is 0.321 e. The fraction of sp³-hybridized carbons (Fsp3) is 0.400. The molecule has 10 heteroatoms. The number of rotatable bonds is 4. The Balaban J connectivity index is 1.20. The third kappa shape index (κ3) is 4.70. The van der Waals surface area contributed by atoms with Gasteiger partial charge in [0.25, 0.3) is 5.91 Å². The van der Waals surface area contributed by atoms with Gasteiger partial charge in [0.1, 0.15) is 21.3 Å². The van der Waals surface area contributed by atoms with Crippen molar-refractivity contribution >= 4 is 29.0 Å². The van der Waals surface area contributed by atoms with Crippen LogP contribution in [0.25, 0.3) is 10.7 Å². The number of aryl methyl sites for hydroxylation is 1. The molecular weight excluding hydrogens is 464 g/mol. The molecule has 35 heavy (non-hydrogen) atoms. The Morgan fingerprint density at radius 1 is 1.09 bits per heavy atom. The summed E-state index contributed by atoms with van der Waals surface area (Å²) in [4.78, 5) is 43.6. The SMILES string of the molecule is COc1ccccc1NC(=O)N1CCC2(CC1)CCN(C(=O)c1sc(-c3cnccn3)nc1C)C2. The number of thiazole rings is 1. The van der Waals surface area contributed by atoms with E-state index >= 15 is 0 Å². The number of hydrogen-bond acceptors (Lipinski definition) is 7. The van der Waals surface area contributed by atoms with E-state index in [0.717, 1.165) is 31.5 Å². The van der Waals surface area contributed by atoms with Gasteiger partial charge in [-0.05, 0) is 43.7 Å². The molecule has 0 radical (unpaired) electrons. The molecule has 9 nitrogen and oxygen atoms in total. The molecule has 1 spiro atoms. The standard InChI is InChI=1S/C25H28N6O3S/c1-17-21(35-22(28-17)19-15-26-10-11-27-19)23(32)31-14-9-25(16-31)7-12-30(13-8-25)24(33)29-18-5-3-4-6-20(18)34-2/h3-6,10-11,15H,7-9,12-14,16H2,1-2H3,(H,29,33). The fourth-order valence-electron chi connectivity index (χ4n) is 4.90. The molecule has 3 amide bonds. The van der Waals surface area contributed by atoms with Gasteiger partial charge in [0.15, 0.2) is 0 Å². The molecule has 4 heterocycles. The predicted molar refractivity (Wildman–Crippen MR) is 134 cm³/mol. The Bertz CT molecular complexity index is 1220. The molecule has 1 N–H and O–H groups in total. The maximum Gasteiger partial charge on any atom is 0.321 e. The summed E-state index contributed by atoms with van der Waals surface area (Å²) in [5.74, 6) is 0.670. The Morgan fingerprint density at radius 2 is 1.83 bits per heavy atom. The van der Waals surface area contributed by atoms with E-state index in [4.69, 9.17) is 4.74 Å². The first kappa shape index (κ1) is 23.2. The van der Waals surface area contributed by atoms with Crippen molar-refractivity contribution in [1.29, 1.82) is 0 Å². The first-order chi connectivity index (χ1) is 17.0. The highest BCUT2D eigenvalue weighted by molar-refractivity contribution is 7.17. The largest absolute Gasteiger partial charge is 0.495 e. The Kier molecular flexibility index (Phi) is 6.38. The molecule has 0 bridgehead atoms. The van der Waals surface area contributed by atoms with Crippen molar-refractivity contribution in [2.45, 2.75) is 26.2 Å². The van der Waals surface area contributed by atoms with Gasteiger partial charge in [-0.25, -0.2) is 9.78 Å². The second kappa shape index (κ2) is 9.61. The van der Waals surface area contributed by atoms with Crippen molar-refractivity contribution in [2.24, 2.45) is 5.41 Å². The highest BCUT2D eigenvalue weighted by Gasteiger charge is 2.43. The van der Waals surface area contributed by atoms with Crippen molar-refractivity contribution in [3.63, 3.8) is 0 Å². The summed E-state index contributed by atoms with van der Waals surface area (Å²) >= 11 is 1.37. The van der Waals surface area contributed by atoms with E-state index in [1.807, 2.05) is 41.0 Å². The lowest BCUT2D eigenvalue weighted by molar-refractivity contribution is 0.0743. The summed E-state index contributed by atoms with van der Waals surface area (Å²) in [6, 6.07) is 7.28. The van der Waals surface area contributed by atoms with E-state index in [-0.39, 0.29) is 17.4 Å². The molecule has 2 aromatic heterocycles. The number of ether oxygens (including phenoxy) is 1. The number of nitrogens with one attached hydrogen (secondary N) is 1. The van der Waals surface area contributed by atoms with Gasteiger partial charge in [0.05, 0.1) is 24.7 Å². The lowest BCUT2D eigenvalue weighted by Crippen LogP contribution is -2.46. The van der Waals surface area contributed by atoms with Crippen molar-refractivity contribution in [3.05, 3.63) is 53.4 Å². The summed E-state index contributed by atoms with van der Waals surface area (Å²) in [6.45, 7) is 4.64. The van der Waals surface area contributed by atoms with Gasteiger partial charge in [-0.3, -0.25) is 14.8 Å². The van der Waals surface area contributed by atoms with Crippen LogP contribution in [0.4, 0.5) is 10.5 Å². The van der Waals surface area contributed by atoms with Crippen LogP contribution >= 0.6 is 11.3 Å². The second-order valence-electron chi connectivity index (χ2n) is 9.12. The van der Waals surface area contributed by atoms with Crippen LogP contribution in [0.2, 0.25) is 0 Å². The van der Waals surface area contributed by atoms with Crippen LogP contribution in [0.1, 0.15) is 34.6 Å². The van der Waals surface area contributed by atoms with Crippen LogP contribution in [0, 0.1) is 12.3 Å². The number of methoxy groups -OCH3 is 1. The van der Waals surface area contributed by atoms with Gasteiger partial charge in [-0.1, -0.05) is 12.1 Å². The number of benzene rings is 1. The number of nitrogens with zero attached hydrogens (tertiary/aromatic N) is 5. The third-order valence-electron chi connectivity index (χ3n) is 6.96. The molecule has 2 aliphatic rings. The second-order valence-corrected chi connectivity index (χ2v) is 10.1. The number of carbonyl (C=O) groups is 2. The van der Waals surface area contributed by atoms with E-state index in [1.54, 1.807) is 25.7 Å². The van der Waals surface area contributed by atoms with E-state index in [1.165, 1.54) is 11.3 Å². The number of piperidine rings is 1. The van der Waals surface area contributed by atoms with E-state index in [2.05, 4.69) is 20.3 Å². The minimum Gasteiger partial charge on any atom is -0.495 e. The van der Waals surface area contributed by atoms with Crippen molar-refractivity contribution in [2.75, 3.05) is 38.6 Å². The van der Waals surface area contributed by atoms with E-state index in [9.17, 15) is 9.59 Å². The normalized spacial score (nSPS) is 17.0. The topological polar surface area (TPSA) is 101 Å². The number of amides is 3. The number of likely N-dealkylation sites (tertiary alicyclic amines) is 2. The van der Waals surface area contributed by atoms with Crippen molar-refractivity contribution < 1.29 is 14.3 Å². The summed E-state index contributed by atoms with van der Waals surface area (Å²) in [5.41, 5.74) is 2.13. The number of aromatic nitrogens is 3. The lowest BCUT2D eigenvalue weighted by Gasteiger charge is -2.39. The number of carbonyl (C=O) groups excluding carboxylic acids is 2. The zero-order chi connectivity index (χ0) is 24.4. The van der Waals surface area contributed by atoms with Crippen LogP contribution in [-0.2, 0) is 0 Å². The minimum absolute atomic E-state index is 0.0309. The van der Waals surface area contributed by atoms with Crippen LogP contribution in [0.3, 0.4) is 0 Å². The molecule has 0 saturated carbocycles. The highest BCUT2D eigenvalue weighted by atomic mass is 32.1. The first-order valence-corrected chi connectivity index (χ1v) is 12.5. The summed E-state index contributed by atoms with van der Waals surface area (Å²) in [6.07, 6.45) is 7.62. The van der Waals surface area contributed by atoms with Gasteiger partial charge in [0, 0.05) is 38.6 Å². The Morgan fingerprint density at radius 3 is 2.54 bits per heavy atom. The van der Waals surface area contributed by atoms with Gasteiger partial charge >= 0.3 is 6.03 Å². The zero-order valence-corrected chi connectivity index (χ0v) is 20.7. The van der Waals surface area contributed by atoms with Crippen LogP contribution < -0.4 is 10.1 Å². The zero-order valence-electron chi connectivity index (χ0n) is 19.9. The first-order valence-electron chi connectivity index (χ1n) is 11.7. The lowest BCUT2D eigenvalue weighted by atomic mass is 9.78. The summed E-state index contributed by atoms with van der Waals surface area (Å²) in [7, 11) is 1.59. The molecule has 3 aromatic rings. The number of anilines is 1. The average molecular weight is 493 g/mol. The van der Waals surface area contributed by atoms with Gasteiger partial charge in [0.2, 0.25) is 0 Å². The molecule has 2 saturated heterocycles. The molecule has 2 aliphatic heterocycles. The highest BCUT2D eigenvalue weighted by Crippen LogP contribution is 2.41. The molecule has 5 rings (SSSR count). The maximum absolute atomic E-state index is 13.3. The average Bonchev–Trinajstić information content (AvgIpc) is 3.49. The quantitative estimate of drug-likeness (QED) is 0.589. The van der Waals surface area contributed by atoms with Crippen LogP contribution in [-0.4, -0.2) is 70.0 Å². The van der Waals surface area contributed by atoms with E-state index < -0.39 is 0 Å². The predicted octanol–water partition coefficient (Wildman–Crippen LogP) is 4.08.